The fourth-order valence-corrected chi connectivity index (χ4v) is 2.88. The van der Waals surface area contributed by atoms with Gasteiger partial charge in [-0.2, -0.15) is 13.2 Å². The molecule has 5 nitrogen and oxygen atoms in total. The molecule has 204 valence electrons. The Morgan fingerprint density at radius 2 is 1.84 bits per heavy atom. The summed E-state index contributed by atoms with van der Waals surface area (Å²) in [6.45, 7) is 13.9. The molecule has 0 saturated heterocycles. The van der Waals surface area contributed by atoms with Crippen LogP contribution < -0.4 is 4.74 Å². The van der Waals surface area contributed by atoms with Crippen molar-refractivity contribution in [1.29, 1.82) is 0 Å². The lowest BCUT2D eigenvalue weighted by Gasteiger charge is -2.26. The molecule has 1 aromatic carbocycles. The van der Waals surface area contributed by atoms with Crippen LogP contribution in [0.25, 0.3) is 0 Å². The van der Waals surface area contributed by atoms with Crippen LogP contribution in [0.3, 0.4) is 0 Å². The van der Waals surface area contributed by atoms with E-state index in [0.717, 1.165) is 24.0 Å². The van der Waals surface area contributed by atoms with E-state index in [4.69, 9.17) is 9.47 Å². The molecule has 1 aromatic heterocycles. The zero-order valence-electron chi connectivity index (χ0n) is 22.8. The second-order valence-electron chi connectivity index (χ2n) is 8.06. The highest BCUT2D eigenvalue weighted by atomic mass is 19.4. The van der Waals surface area contributed by atoms with Crippen LogP contribution >= 0.6 is 0 Å². The minimum Gasteiger partial charge on any atom is -0.473 e. The second-order valence-corrected chi connectivity index (χ2v) is 8.06. The van der Waals surface area contributed by atoms with E-state index >= 15 is 0 Å². The van der Waals surface area contributed by atoms with Gasteiger partial charge in [-0.15, -0.1) is 0 Å². The van der Waals surface area contributed by atoms with Gasteiger partial charge in [0.15, 0.2) is 11.6 Å². The van der Waals surface area contributed by atoms with Crippen LogP contribution in [-0.4, -0.2) is 28.9 Å². The minimum absolute atomic E-state index is 0.0390. The van der Waals surface area contributed by atoms with Gasteiger partial charge in [0, 0.05) is 42.8 Å². The Hall–Kier alpha value is -3.36. The minimum atomic E-state index is -4.63. The fraction of sp³-hybridized carbons (Fsp3) is 0.429. The van der Waals surface area contributed by atoms with Crippen LogP contribution in [0.4, 0.5) is 17.6 Å². The molecule has 0 aliphatic heterocycles. The van der Waals surface area contributed by atoms with Crippen molar-refractivity contribution in [3.8, 4) is 11.5 Å². The lowest BCUT2D eigenvalue weighted by Crippen LogP contribution is -2.27. The van der Waals surface area contributed by atoms with Gasteiger partial charge in [0.05, 0.1) is 0 Å². The number of hydrogen-bond donors (Lipinski definition) is 0. The predicted molar refractivity (Wildman–Crippen MR) is 140 cm³/mol. The summed E-state index contributed by atoms with van der Waals surface area (Å²) in [4.78, 5) is 9.87. The molecule has 0 radical (unpaired) electrons. The first-order chi connectivity index (χ1) is 17.4. The maximum atomic E-state index is 14.6. The van der Waals surface area contributed by atoms with Gasteiger partial charge in [0.2, 0.25) is 5.90 Å². The normalized spacial score (nSPS) is 13.5. The van der Waals surface area contributed by atoms with E-state index in [1.807, 2.05) is 53.8 Å². The van der Waals surface area contributed by atoms with E-state index in [-0.39, 0.29) is 18.1 Å². The molecule has 0 fully saturated rings. The molecular formula is C28H37F4N3O2. The topological polar surface area (TPSA) is 47.0 Å². The van der Waals surface area contributed by atoms with Gasteiger partial charge < -0.3 is 14.4 Å². The van der Waals surface area contributed by atoms with Gasteiger partial charge in [-0.05, 0) is 57.9 Å². The van der Waals surface area contributed by atoms with E-state index in [0.29, 0.717) is 23.6 Å². The zero-order chi connectivity index (χ0) is 28.2. The standard InChI is InChI=1S/C26H31F4N3O2.C2H6/c1-7-17(3)32-25(13-19(5)33(6)18(4)8-2)34-16-20-9-10-23(22(27)14-20)35-21-11-12-31-24(15-21)26(28,29)30;1-2/h7,9-15,18H,8,16H2,1-6H3;1-2H3/b17-7?,19-13+,32-25?;/t18-;/m1./s1. The Morgan fingerprint density at radius 1 is 1.16 bits per heavy atom. The summed E-state index contributed by atoms with van der Waals surface area (Å²) in [6, 6.07) is 6.41. The summed E-state index contributed by atoms with van der Waals surface area (Å²) in [6.07, 6.45) is 0.988. The molecule has 9 heteroatoms. The number of allylic oxidation sites excluding steroid dienone is 3. The molecule has 0 unspecified atom stereocenters. The smallest absolute Gasteiger partial charge is 0.433 e. The van der Waals surface area contributed by atoms with Crippen LogP contribution in [0.15, 0.2) is 65.1 Å². The Morgan fingerprint density at radius 3 is 2.41 bits per heavy atom. The number of ether oxygens (including phenoxy) is 2. The molecule has 0 aliphatic carbocycles. The van der Waals surface area contributed by atoms with Crippen LogP contribution in [0.5, 0.6) is 11.5 Å². The number of aliphatic imine (C=N–C) groups is 1. The Kier molecular flexibility index (Phi) is 12.9. The number of benzene rings is 1. The summed E-state index contributed by atoms with van der Waals surface area (Å²) in [7, 11) is 1.99. The molecule has 0 aliphatic rings. The van der Waals surface area contributed by atoms with E-state index in [2.05, 4.69) is 28.7 Å². The first-order valence-electron chi connectivity index (χ1n) is 12.2. The van der Waals surface area contributed by atoms with Crippen molar-refractivity contribution in [2.24, 2.45) is 4.99 Å². The lowest BCUT2D eigenvalue weighted by molar-refractivity contribution is -0.141. The number of rotatable bonds is 9. The molecule has 1 atom stereocenters. The number of nitrogens with zero attached hydrogens (tertiary/aromatic N) is 3. The van der Waals surface area contributed by atoms with Crippen molar-refractivity contribution in [1.82, 2.24) is 9.88 Å². The van der Waals surface area contributed by atoms with Gasteiger partial charge in [-0.25, -0.2) is 9.38 Å². The summed E-state index contributed by atoms with van der Waals surface area (Å²) < 4.78 is 64.3. The average molecular weight is 524 g/mol. The number of alkyl halides is 3. The highest BCUT2D eigenvalue weighted by molar-refractivity contribution is 5.89. The van der Waals surface area contributed by atoms with Crippen LogP contribution in [0, 0.1) is 5.82 Å². The van der Waals surface area contributed by atoms with E-state index < -0.39 is 17.7 Å². The number of aromatic nitrogens is 1. The third-order valence-corrected chi connectivity index (χ3v) is 5.48. The van der Waals surface area contributed by atoms with Crippen molar-refractivity contribution in [2.45, 2.75) is 73.7 Å². The molecule has 2 rings (SSSR count). The monoisotopic (exact) mass is 523 g/mol. The Labute approximate surface area is 217 Å². The average Bonchev–Trinajstić information content (AvgIpc) is 2.88. The van der Waals surface area contributed by atoms with Crippen molar-refractivity contribution >= 4 is 5.90 Å². The summed E-state index contributed by atoms with van der Waals surface area (Å²) in [5.74, 6) is -0.733. The quantitative estimate of drug-likeness (QED) is 0.188. The van der Waals surface area contributed by atoms with Gasteiger partial charge in [-0.3, -0.25) is 4.98 Å². The molecule has 0 amide bonds. The number of hydrogen-bond acceptors (Lipinski definition) is 5. The zero-order valence-corrected chi connectivity index (χ0v) is 22.8. The van der Waals surface area contributed by atoms with Crippen molar-refractivity contribution in [3.63, 3.8) is 0 Å². The number of pyridine rings is 1. The maximum Gasteiger partial charge on any atom is 0.433 e. The SMILES string of the molecule is CC.CC=C(C)N=C(/C=C(\C)N(C)[C@H](C)CC)OCc1ccc(Oc2ccnc(C(F)(F)F)c2)c(F)c1. The van der Waals surface area contributed by atoms with Gasteiger partial charge in [0.25, 0.3) is 0 Å². The first-order valence-corrected chi connectivity index (χ1v) is 12.2. The molecule has 0 N–H and O–H groups in total. The highest BCUT2D eigenvalue weighted by Crippen LogP contribution is 2.32. The van der Waals surface area contributed by atoms with E-state index in [9.17, 15) is 17.6 Å². The second kappa shape index (κ2) is 15.0. The molecule has 0 bridgehead atoms. The van der Waals surface area contributed by atoms with Gasteiger partial charge >= 0.3 is 6.18 Å². The Balaban J connectivity index is 0.00000334. The molecule has 37 heavy (non-hydrogen) atoms. The van der Waals surface area contributed by atoms with Crippen LogP contribution in [0.2, 0.25) is 0 Å². The molecule has 1 heterocycles. The van der Waals surface area contributed by atoms with Crippen LogP contribution in [0.1, 0.15) is 66.1 Å². The maximum absolute atomic E-state index is 14.6. The molecule has 0 spiro atoms. The van der Waals surface area contributed by atoms with Crippen molar-refractivity contribution in [3.05, 3.63) is 77.1 Å². The third kappa shape index (κ3) is 10.3. The predicted octanol–water partition coefficient (Wildman–Crippen LogP) is 8.53. The van der Waals surface area contributed by atoms with Crippen molar-refractivity contribution < 1.29 is 27.0 Å². The summed E-state index contributed by atoms with van der Waals surface area (Å²) in [5, 5.41) is 0. The van der Waals surface area contributed by atoms with Crippen LogP contribution in [-0.2, 0) is 17.5 Å². The van der Waals surface area contributed by atoms with Gasteiger partial charge in [-0.1, -0.05) is 32.9 Å². The summed E-state index contributed by atoms with van der Waals surface area (Å²) in [5.41, 5.74) is 1.12. The van der Waals surface area contributed by atoms with Gasteiger partial charge in [0.1, 0.15) is 18.1 Å². The lowest BCUT2D eigenvalue weighted by atomic mass is 10.2. The Bertz CT molecular complexity index is 1100. The molecule has 2 aromatic rings. The largest absolute Gasteiger partial charge is 0.473 e. The first kappa shape index (κ1) is 31.7. The summed E-state index contributed by atoms with van der Waals surface area (Å²) >= 11 is 0. The molecule has 0 saturated carbocycles. The third-order valence-electron chi connectivity index (χ3n) is 5.48. The molecular weight excluding hydrogens is 486 g/mol. The highest BCUT2D eigenvalue weighted by Gasteiger charge is 2.32. The van der Waals surface area contributed by atoms with E-state index in [1.165, 1.54) is 18.2 Å². The fourth-order valence-electron chi connectivity index (χ4n) is 2.88. The number of halogens is 4. The van der Waals surface area contributed by atoms with E-state index in [1.54, 1.807) is 6.07 Å². The van der Waals surface area contributed by atoms with Crippen molar-refractivity contribution in [2.75, 3.05) is 7.05 Å².